The lowest BCUT2D eigenvalue weighted by molar-refractivity contribution is 0.638. The molecule has 3 rings (SSSR count). The smallest absolute Gasteiger partial charge is 0.146 e. The van der Waals surface area contributed by atoms with Crippen LogP contribution in [0.2, 0.25) is 0 Å². The summed E-state index contributed by atoms with van der Waals surface area (Å²) >= 11 is 0. The molecule has 3 heterocycles. The van der Waals surface area contributed by atoms with Crippen LogP contribution in [-0.2, 0) is 6.42 Å². The van der Waals surface area contributed by atoms with Gasteiger partial charge in [-0.2, -0.15) is 5.26 Å². The van der Waals surface area contributed by atoms with E-state index in [4.69, 9.17) is 0 Å². The Labute approximate surface area is 136 Å². The maximum atomic E-state index is 9.22. The van der Waals surface area contributed by atoms with Crippen molar-refractivity contribution in [1.29, 1.82) is 5.26 Å². The Morgan fingerprint density at radius 2 is 1.91 bits per heavy atom. The van der Waals surface area contributed by atoms with Crippen molar-refractivity contribution in [2.75, 3.05) is 36.0 Å². The zero-order chi connectivity index (χ0) is 16.2. The highest BCUT2D eigenvalue weighted by atomic mass is 15.3. The summed E-state index contributed by atoms with van der Waals surface area (Å²) in [5, 5.41) is 9.22. The third-order valence-corrected chi connectivity index (χ3v) is 4.05. The van der Waals surface area contributed by atoms with Crippen molar-refractivity contribution in [2.45, 2.75) is 20.3 Å². The average Bonchev–Trinajstić information content (AvgIpc) is 2.61. The minimum absolute atomic E-state index is 0.632. The monoisotopic (exact) mass is 308 g/mol. The minimum Gasteiger partial charge on any atom is -0.353 e. The van der Waals surface area contributed by atoms with Gasteiger partial charge in [-0.3, -0.25) is 0 Å². The molecule has 2 aromatic heterocycles. The Morgan fingerprint density at radius 3 is 2.61 bits per heavy atom. The van der Waals surface area contributed by atoms with Gasteiger partial charge in [0.2, 0.25) is 0 Å². The number of rotatable bonds is 3. The fourth-order valence-corrected chi connectivity index (χ4v) is 2.84. The lowest BCUT2D eigenvalue weighted by Crippen LogP contribution is -2.47. The summed E-state index contributed by atoms with van der Waals surface area (Å²) in [6.07, 6.45) is 2.65. The highest BCUT2D eigenvalue weighted by Crippen LogP contribution is 2.21. The van der Waals surface area contributed by atoms with E-state index in [1.807, 2.05) is 13.0 Å². The van der Waals surface area contributed by atoms with Gasteiger partial charge in [0.1, 0.15) is 23.5 Å². The maximum Gasteiger partial charge on any atom is 0.146 e. The third-order valence-electron chi connectivity index (χ3n) is 4.05. The van der Waals surface area contributed by atoms with Crippen LogP contribution in [0.1, 0.15) is 24.0 Å². The minimum atomic E-state index is 0.632. The first kappa shape index (κ1) is 15.2. The third kappa shape index (κ3) is 3.24. The second kappa shape index (κ2) is 6.61. The van der Waals surface area contributed by atoms with Crippen molar-refractivity contribution in [3.8, 4) is 6.07 Å². The van der Waals surface area contributed by atoms with E-state index in [2.05, 4.69) is 43.8 Å². The van der Waals surface area contributed by atoms with E-state index in [0.29, 0.717) is 5.56 Å². The van der Waals surface area contributed by atoms with Gasteiger partial charge < -0.3 is 9.80 Å². The van der Waals surface area contributed by atoms with Gasteiger partial charge in [-0.25, -0.2) is 15.0 Å². The Bertz CT molecular complexity index is 728. The van der Waals surface area contributed by atoms with E-state index in [1.165, 1.54) is 0 Å². The molecule has 0 unspecified atom stereocenters. The van der Waals surface area contributed by atoms with Crippen LogP contribution in [0.5, 0.6) is 0 Å². The predicted molar refractivity (Wildman–Crippen MR) is 89.5 cm³/mol. The van der Waals surface area contributed by atoms with E-state index < -0.39 is 0 Å². The molecular formula is C17H20N6. The molecule has 0 amide bonds. The molecule has 0 radical (unpaired) electrons. The Hall–Kier alpha value is -2.68. The standard InChI is InChI=1S/C17H20N6/c1-3-15-11-16(21-13(2)20-15)22-7-9-23(10-8-22)17-14(12-18)5-4-6-19-17/h4-6,11H,3,7-10H2,1-2H3. The zero-order valence-corrected chi connectivity index (χ0v) is 13.5. The molecule has 0 N–H and O–H groups in total. The molecule has 23 heavy (non-hydrogen) atoms. The number of hydrogen-bond acceptors (Lipinski definition) is 6. The Kier molecular flexibility index (Phi) is 4.38. The topological polar surface area (TPSA) is 68.9 Å². The van der Waals surface area contributed by atoms with Crippen molar-refractivity contribution in [1.82, 2.24) is 15.0 Å². The molecule has 0 spiro atoms. The van der Waals surface area contributed by atoms with Gasteiger partial charge in [0.05, 0.1) is 5.56 Å². The van der Waals surface area contributed by atoms with E-state index in [-0.39, 0.29) is 0 Å². The fourth-order valence-electron chi connectivity index (χ4n) is 2.84. The summed E-state index contributed by atoms with van der Waals surface area (Å²) in [5.74, 6) is 2.59. The van der Waals surface area contributed by atoms with Crippen LogP contribution in [0.4, 0.5) is 11.6 Å². The summed E-state index contributed by atoms with van der Waals surface area (Å²) in [5.41, 5.74) is 1.71. The molecule has 2 aromatic rings. The first-order valence-electron chi connectivity index (χ1n) is 7.91. The van der Waals surface area contributed by atoms with Gasteiger partial charge in [0.25, 0.3) is 0 Å². The number of aryl methyl sites for hydroxylation is 2. The highest BCUT2D eigenvalue weighted by molar-refractivity contribution is 5.55. The average molecular weight is 308 g/mol. The zero-order valence-electron chi connectivity index (χ0n) is 13.5. The molecule has 0 aliphatic carbocycles. The molecule has 1 aliphatic rings. The molecule has 0 saturated carbocycles. The summed E-state index contributed by atoms with van der Waals surface area (Å²) < 4.78 is 0. The lowest BCUT2D eigenvalue weighted by atomic mass is 10.2. The van der Waals surface area contributed by atoms with Gasteiger partial charge in [-0.05, 0) is 25.5 Å². The predicted octanol–water partition coefficient (Wildman–Crippen LogP) is 1.94. The number of aromatic nitrogens is 3. The molecule has 1 aliphatic heterocycles. The molecule has 0 aromatic carbocycles. The first-order chi connectivity index (χ1) is 11.2. The van der Waals surface area contributed by atoms with E-state index in [0.717, 1.165) is 55.8 Å². The summed E-state index contributed by atoms with van der Waals surface area (Å²) in [4.78, 5) is 17.8. The first-order valence-corrected chi connectivity index (χ1v) is 7.91. The van der Waals surface area contributed by atoms with Crippen molar-refractivity contribution in [2.24, 2.45) is 0 Å². The number of nitriles is 1. The molecular weight excluding hydrogens is 288 g/mol. The second-order valence-electron chi connectivity index (χ2n) is 5.58. The van der Waals surface area contributed by atoms with Gasteiger partial charge in [0, 0.05) is 44.1 Å². The molecule has 1 saturated heterocycles. The molecule has 118 valence electrons. The molecule has 6 heteroatoms. The number of pyridine rings is 1. The highest BCUT2D eigenvalue weighted by Gasteiger charge is 2.21. The SMILES string of the molecule is CCc1cc(N2CCN(c3ncccc3C#N)CC2)nc(C)n1. The van der Waals surface area contributed by atoms with Crippen LogP contribution in [0.3, 0.4) is 0 Å². The normalized spacial score (nSPS) is 14.7. The van der Waals surface area contributed by atoms with Gasteiger partial charge in [-0.1, -0.05) is 6.92 Å². The van der Waals surface area contributed by atoms with E-state index in [1.54, 1.807) is 12.3 Å². The van der Waals surface area contributed by atoms with Crippen LogP contribution in [0.25, 0.3) is 0 Å². The number of anilines is 2. The molecule has 6 nitrogen and oxygen atoms in total. The Morgan fingerprint density at radius 1 is 1.17 bits per heavy atom. The van der Waals surface area contributed by atoms with Crippen molar-refractivity contribution in [3.63, 3.8) is 0 Å². The van der Waals surface area contributed by atoms with Gasteiger partial charge in [-0.15, -0.1) is 0 Å². The van der Waals surface area contributed by atoms with Crippen LogP contribution < -0.4 is 9.80 Å². The van der Waals surface area contributed by atoms with Crippen molar-refractivity contribution in [3.05, 3.63) is 41.5 Å². The van der Waals surface area contributed by atoms with E-state index >= 15 is 0 Å². The largest absolute Gasteiger partial charge is 0.353 e. The summed E-state index contributed by atoms with van der Waals surface area (Å²) in [6.45, 7) is 7.43. The van der Waals surface area contributed by atoms with Crippen LogP contribution in [-0.4, -0.2) is 41.1 Å². The lowest BCUT2D eigenvalue weighted by Gasteiger charge is -2.36. The maximum absolute atomic E-state index is 9.22. The summed E-state index contributed by atoms with van der Waals surface area (Å²) in [6, 6.07) is 7.91. The van der Waals surface area contributed by atoms with Gasteiger partial charge in [0.15, 0.2) is 0 Å². The molecule has 1 fully saturated rings. The number of nitrogens with zero attached hydrogens (tertiary/aromatic N) is 6. The molecule has 0 atom stereocenters. The number of piperazine rings is 1. The fraction of sp³-hybridized carbons (Fsp3) is 0.412. The second-order valence-corrected chi connectivity index (χ2v) is 5.58. The van der Waals surface area contributed by atoms with Gasteiger partial charge >= 0.3 is 0 Å². The van der Waals surface area contributed by atoms with Crippen molar-refractivity contribution >= 4 is 11.6 Å². The van der Waals surface area contributed by atoms with Crippen molar-refractivity contribution < 1.29 is 0 Å². The molecule has 0 bridgehead atoms. The van der Waals surface area contributed by atoms with Crippen LogP contribution >= 0.6 is 0 Å². The quantitative estimate of drug-likeness (QED) is 0.863. The Balaban J connectivity index is 1.74. The number of hydrogen-bond donors (Lipinski definition) is 0. The van der Waals surface area contributed by atoms with Crippen LogP contribution in [0.15, 0.2) is 24.4 Å². The van der Waals surface area contributed by atoms with E-state index in [9.17, 15) is 5.26 Å². The summed E-state index contributed by atoms with van der Waals surface area (Å²) in [7, 11) is 0. The van der Waals surface area contributed by atoms with Crippen LogP contribution in [0, 0.1) is 18.3 Å².